The normalized spacial score (nSPS) is 28.5. The van der Waals surface area contributed by atoms with Crippen molar-refractivity contribution >= 4 is 22.8 Å². The fourth-order valence-electron chi connectivity index (χ4n) is 5.12. The largest absolute Gasteiger partial charge is 0.451 e. The summed E-state index contributed by atoms with van der Waals surface area (Å²) < 4.78 is 12.0. The minimum absolute atomic E-state index is 0.00876. The van der Waals surface area contributed by atoms with Gasteiger partial charge in [-0.05, 0) is 30.5 Å². The molecule has 3 aliphatic heterocycles. The molecule has 1 aromatic heterocycles. The molecule has 3 fully saturated rings. The van der Waals surface area contributed by atoms with Crippen LogP contribution in [0.2, 0.25) is 0 Å². The summed E-state index contributed by atoms with van der Waals surface area (Å²) in [6.07, 6.45) is 0.821. The van der Waals surface area contributed by atoms with Gasteiger partial charge in [0.1, 0.15) is 5.58 Å². The number of benzene rings is 1. The average Bonchev–Trinajstić information content (AvgIpc) is 3.29. The van der Waals surface area contributed by atoms with Crippen molar-refractivity contribution in [1.82, 2.24) is 9.80 Å². The molecule has 3 saturated heterocycles. The van der Waals surface area contributed by atoms with Crippen molar-refractivity contribution in [2.24, 2.45) is 5.92 Å². The van der Waals surface area contributed by atoms with Crippen LogP contribution in [0.25, 0.3) is 11.0 Å². The summed E-state index contributed by atoms with van der Waals surface area (Å²) in [5.74, 6) is -0.0454. The first kappa shape index (κ1) is 18.4. The van der Waals surface area contributed by atoms with Crippen molar-refractivity contribution < 1.29 is 18.7 Å². The van der Waals surface area contributed by atoms with Crippen LogP contribution in [0.1, 0.15) is 42.8 Å². The van der Waals surface area contributed by atoms with Crippen molar-refractivity contribution in [2.75, 3.05) is 13.2 Å². The molecule has 0 radical (unpaired) electrons. The summed E-state index contributed by atoms with van der Waals surface area (Å²) >= 11 is 0. The molecule has 0 saturated carbocycles. The van der Waals surface area contributed by atoms with Crippen LogP contribution >= 0.6 is 0 Å². The van der Waals surface area contributed by atoms with E-state index in [1.54, 1.807) is 17.0 Å². The molecule has 0 bridgehead atoms. The van der Waals surface area contributed by atoms with Crippen molar-refractivity contribution in [3.63, 3.8) is 0 Å². The third-order valence-electron chi connectivity index (χ3n) is 6.61. The lowest BCUT2D eigenvalue weighted by atomic mass is 10.0. The van der Waals surface area contributed by atoms with Gasteiger partial charge in [0.25, 0.3) is 5.91 Å². The number of hydrogen-bond acceptors (Lipinski definition) is 5. The Morgan fingerprint density at radius 2 is 2.03 bits per heavy atom. The monoisotopic (exact) mass is 396 g/mol. The molecule has 0 N–H and O–H groups in total. The molecule has 3 atom stereocenters. The van der Waals surface area contributed by atoms with Crippen LogP contribution in [0.3, 0.4) is 0 Å². The van der Waals surface area contributed by atoms with Crippen LogP contribution in [-0.4, -0.2) is 52.6 Å². The number of rotatable bonds is 2. The molecule has 29 heavy (non-hydrogen) atoms. The number of likely N-dealkylation sites (tertiary alicyclic amines) is 1. The predicted molar refractivity (Wildman–Crippen MR) is 105 cm³/mol. The highest BCUT2D eigenvalue weighted by atomic mass is 16.5. The molecule has 7 nitrogen and oxygen atoms in total. The van der Waals surface area contributed by atoms with Gasteiger partial charge in [-0.3, -0.25) is 14.4 Å². The van der Waals surface area contributed by atoms with Crippen molar-refractivity contribution in [3.05, 3.63) is 45.8 Å². The Labute approximate surface area is 168 Å². The van der Waals surface area contributed by atoms with Gasteiger partial charge in [0.15, 0.2) is 16.9 Å². The summed E-state index contributed by atoms with van der Waals surface area (Å²) in [5, 5.41) is 0.450. The Morgan fingerprint density at radius 1 is 1.24 bits per heavy atom. The lowest BCUT2D eigenvalue weighted by molar-refractivity contribution is -0.139. The maximum absolute atomic E-state index is 13.3. The molecule has 152 valence electrons. The summed E-state index contributed by atoms with van der Waals surface area (Å²) in [7, 11) is 0. The van der Waals surface area contributed by atoms with Crippen LogP contribution < -0.4 is 5.43 Å². The second-order valence-electron chi connectivity index (χ2n) is 8.67. The highest BCUT2D eigenvalue weighted by molar-refractivity contribution is 5.95. The first-order valence-corrected chi connectivity index (χ1v) is 10.1. The maximum atomic E-state index is 13.3. The summed E-state index contributed by atoms with van der Waals surface area (Å²) in [5.41, 5.74) is 0.358. The Bertz CT molecular complexity index is 1090. The van der Waals surface area contributed by atoms with E-state index in [2.05, 4.69) is 13.8 Å². The predicted octanol–water partition coefficient (Wildman–Crippen LogP) is 2.30. The van der Waals surface area contributed by atoms with Gasteiger partial charge in [-0.15, -0.1) is 0 Å². The van der Waals surface area contributed by atoms with Gasteiger partial charge in [0, 0.05) is 19.0 Å². The van der Waals surface area contributed by atoms with Crippen molar-refractivity contribution in [1.29, 1.82) is 0 Å². The number of amides is 2. The van der Waals surface area contributed by atoms with Crippen LogP contribution in [0.5, 0.6) is 0 Å². The van der Waals surface area contributed by atoms with E-state index in [-0.39, 0.29) is 47.4 Å². The number of carbonyl (C=O) groups excluding carboxylic acids is 2. The molecule has 4 heterocycles. The lowest BCUT2D eigenvalue weighted by Gasteiger charge is -2.34. The molecule has 0 aliphatic carbocycles. The van der Waals surface area contributed by atoms with Crippen molar-refractivity contribution in [3.8, 4) is 0 Å². The first-order valence-electron chi connectivity index (χ1n) is 10.1. The van der Waals surface area contributed by atoms with E-state index in [1.807, 2.05) is 17.9 Å². The number of ether oxygens (including phenoxy) is 1. The Kier molecular flexibility index (Phi) is 3.90. The first-order chi connectivity index (χ1) is 13.8. The van der Waals surface area contributed by atoms with Crippen molar-refractivity contribution in [2.45, 2.75) is 51.4 Å². The standard InChI is InChI=1S/C22H24N2O5/c1-12(2)15-11-28-22-6-7-23(19(22)10-20(26)24(15)22)21(27)18-9-16(25)14-5-4-13(3)8-17(14)29-18/h4-5,8-9,12,15,19H,6-7,10-11H2,1-3H3/t15-,19+,22-/m0/s1. The zero-order valence-electron chi connectivity index (χ0n) is 16.8. The van der Waals surface area contributed by atoms with Gasteiger partial charge in [-0.25, -0.2) is 0 Å². The summed E-state index contributed by atoms with van der Waals surface area (Å²) in [4.78, 5) is 42.1. The molecule has 0 unspecified atom stereocenters. The molecule has 3 aliphatic rings. The van der Waals surface area contributed by atoms with Gasteiger partial charge in [-0.2, -0.15) is 0 Å². The Hall–Kier alpha value is -2.67. The van der Waals surface area contributed by atoms with Gasteiger partial charge in [0.2, 0.25) is 5.91 Å². The third kappa shape index (κ3) is 2.50. The molecular formula is C22H24N2O5. The van der Waals surface area contributed by atoms with Crippen LogP contribution in [-0.2, 0) is 9.53 Å². The highest BCUT2D eigenvalue weighted by Crippen LogP contribution is 2.49. The van der Waals surface area contributed by atoms with Crippen LogP contribution in [0.4, 0.5) is 0 Å². The summed E-state index contributed by atoms with van der Waals surface area (Å²) in [6.45, 7) is 7.02. The lowest BCUT2D eigenvalue weighted by Crippen LogP contribution is -2.51. The quantitative estimate of drug-likeness (QED) is 0.778. The minimum atomic E-state index is -0.741. The average molecular weight is 396 g/mol. The number of carbonyl (C=O) groups is 2. The smallest absolute Gasteiger partial charge is 0.290 e. The number of hydrogen-bond donors (Lipinski definition) is 0. The maximum Gasteiger partial charge on any atom is 0.290 e. The van der Waals surface area contributed by atoms with E-state index in [9.17, 15) is 14.4 Å². The van der Waals surface area contributed by atoms with E-state index in [1.165, 1.54) is 6.07 Å². The number of aryl methyl sites for hydroxylation is 1. The number of nitrogens with zero attached hydrogens (tertiary/aromatic N) is 2. The second kappa shape index (κ2) is 6.16. The van der Waals surface area contributed by atoms with Gasteiger partial charge < -0.3 is 19.0 Å². The Morgan fingerprint density at radius 3 is 2.79 bits per heavy atom. The zero-order valence-corrected chi connectivity index (χ0v) is 16.8. The summed E-state index contributed by atoms with van der Waals surface area (Å²) in [6, 6.07) is 6.24. The highest BCUT2D eigenvalue weighted by Gasteiger charge is 2.65. The van der Waals surface area contributed by atoms with E-state index in [0.717, 1.165) is 5.56 Å². The molecule has 2 aromatic rings. The molecule has 1 spiro atoms. The Balaban J connectivity index is 1.50. The van der Waals surface area contributed by atoms with Gasteiger partial charge in [-0.1, -0.05) is 19.9 Å². The third-order valence-corrected chi connectivity index (χ3v) is 6.61. The zero-order chi connectivity index (χ0) is 20.5. The minimum Gasteiger partial charge on any atom is -0.451 e. The molecule has 1 aromatic carbocycles. The van der Waals surface area contributed by atoms with Crippen LogP contribution in [0, 0.1) is 12.8 Å². The van der Waals surface area contributed by atoms with E-state index in [4.69, 9.17) is 9.15 Å². The van der Waals surface area contributed by atoms with Crippen LogP contribution in [0.15, 0.2) is 33.5 Å². The fraction of sp³-hybridized carbons (Fsp3) is 0.500. The fourth-order valence-corrected chi connectivity index (χ4v) is 5.12. The van der Waals surface area contributed by atoms with E-state index < -0.39 is 5.72 Å². The second-order valence-corrected chi connectivity index (χ2v) is 8.67. The molecule has 7 heteroatoms. The molecular weight excluding hydrogens is 372 g/mol. The van der Waals surface area contributed by atoms with Gasteiger partial charge in [0.05, 0.1) is 30.5 Å². The molecule has 2 amide bonds. The molecule has 5 rings (SSSR count). The van der Waals surface area contributed by atoms with E-state index in [0.29, 0.717) is 30.5 Å². The van der Waals surface area contributed by atoms with Gasteiger partial charge >= 0.3 is 0 Å². The number of fused-ring (bicyclic) bond motifs is 1. The van der Waals surface area contributed by atoms with E-state index >= 15 is 0 Å². The SMILES string of the molecule is Cc1ccc2c(=O)cc(C(=O)N3CC[C@@]45OC[C@@H](C(C)C)N4C(=O)C[C@@H]35)oc2c1. The topological polar surface area (TPSA) is 80.1 Å².